The Balaban J connectivity index is 1.83. The first-order valence-electron chi connectivity index (χ1n) is 9.41. The molecule has 2 heterocycles. The van der Waals surface area contributed by atoms with Crippen LogP contribution in [0.5, 0.6) is 0 Å². The minimum atomic E-state index is 0.102. The Morgan fingerprint density at radius 3 is 2.46 bits per heavy atom. The van der Waals surface area contributed by atoms with Crippen LogP contribution >= 0.6 is 0 Å². The second-order valence-electron chi connectivity index (χ2n) is 7.06. The van der Waals surface area contributed by atoms with E-state index in [-0.39, 0.29) is 17.7 Å². The third-order valence-electron chi connectivity index (χ3n) is 5.19. The van der Waals surface area contributed by atoms with Crippen LogP contribution in [-0.2, 0) is 22.4 Å². The predicted molar refractivity (Wildman–Crippen MR) is 97.4 cm³/mol. The quantitative estimate of drug-likeness (QED) is 0.856. The van der Waals surface area contributed by atoms with Crippen LogP contribution in [0.15, 0.2) is 12.1 Å². The fourth-order valence-corrected chi connectivity index (χ4v) is 4.07. The lowest BCUT2D eigenvalue weighted by atomic mass is 9.91. The molecule has 4 nitrogen and oxygen atoms in total. The molecule has 0 atom stereocenters. The number of amides is 2. The number of nitrogens with zero attached hydrogens (tertiary/aromatic N) is 1. The van der Waals surface area contributed by atoms with Crippen LogP contribution < -0.4 is 10.2 Å². The molecule has 0 saturated heterocycles. The maximum absolute atomic E-state index is 12.6. The van der Waals surface area contributed by atoms with E-state index in [9.17, 15) is 9.59 Å². The molecule has 0 saturated carbocycles. The number of carbonyl (C=O) groups excluding carboxylic acids is 2. The Morgan fingerprint density at radius 1 is 1.12 bits per heavy atom. The second kappa shape index (κ2) is 7.37. The van der Waals surface area contributed by atoms with Crippen molar-refractivity contribution in [1.29, 1.82) is 0 Å². The highest BCUT2D eigenvalue weighted by Crippen LogP contribution is 2.38. The van der Waals surface area contributed by atoms with Gasteiger partial charge in [0, 0.05) is 24.6 Å². The molecule has 2 aliphatic heterocycles. The summed E-state index contributed by atoms with van der Waals surface area (Å²) in [5, 5.41) is 3.14. The summed E-state index contributed by atoms with van der Waals surface area (Å²) in [7, 11) is 0. The van der Waals surface area contributed by atoms with Crippen molar-refractivity contribution in [2.75, 3.05) is 16.8 Å². The van der Waals surface area contributed by atoms with Gasteiger partial charge in [-0.25, -0.2) is 0 Å². The molecule has 1 aromatic carbocycles. The Hall–Kier alpha value is -1.84. The minimum absolute atomic E-state index is 0.102. The monoisotopic (exact) mass is 328 g/mol. The first-order valence-corrected chi connectivity index (χ1v) is 9.41. The van der Waals surface area contributed by atoms with Crippen molar-refractivity contribution in [3.05, 3.63) is 23.3 Å². The van der Waals surface area contributed by atoms with Crippen LogP contribution in [0.4, 0.5) is 11.4 Å². The van der Waals surface area contributed by atoms with Crippen LogP contribution in [0.1, 0.15) is 63.5 Å². The van der Waals surface area contributed by atoms with Gasteiger partial charge in [0.25, 0.3) is 0 Å². The van der Waals surface area contributed by atoms with E-state index in [0.717, 1.165) is 62.9 Å². The molecule has 1 N–H and O–H groups in total. The van der Waals surface area contributed by atoms with Crippen LogP contribution in [0.2, 0.25) is 0 Å². The summed E-state index contributed by atoms with van der Waals surface area (Å²) >= 11 is 0. The van der Waals surface area contributed by atoms with Gasteiger partial charge in [0.1, 0.15) is 0 Å². The zero-order valence-corrected chi connectivity index (χ0v) is 14.9. The highest BCUT2D eigenvalue weighted by molar-refractivity contribution is 5.99. The molecule has 130 valence electrons. The number of benzene rings is 1. The largest absolute Gasteiger partial charge is 0.326 e. The van der Waals surface area contributed by atoms with Gasteiger partial charge in [-0.15, -0.1) is 0 Å². The molecular weight excluding hydrogens is 300 g/mol. The number of carbonyl (C=O) groups is 2. The molecule has 2 aliphatic rings. The van der Waals surface area contributed by atoms with E-state index >= 15 is 0 Å². The van der Waals surface area contributed by atoms with Gasteiger partial charge in [0.05, 0.1) is 5.69 Å². The minimum Gasteiger partial charge on any atom is -0.326 e. The average Bonchev–Trinajstić information content (AvgIpc) is 2.58. The van der Waals surface area contributed by atoms with Gasteiger partial charge in [-0.3, -0.25) is 9.59 Å². The molecule has 0 spiro atoms. The molecule has 2 amide bonds. The summed E-state index contributed by atoms with van der Waals surface area (Å²) in [5.41, 5.74) is 4.45. The van der Waals surface area contributed by atoms with Gasteiger partial charge < -0.3 is 10.2 Å². The van der Waals surface area contributed by atoms with Gasteiger partial charge in [-0.05, 0) is 55.4 Å². The van der Waals surface area contributed by atoms with E-state index < -0.39 is 0 Å². The first kappa shape index (κ1) is 17.0. The molecule has 1 aromatic rings. The van der Waals surface area contributed by atoms with Gasteiger partial charge in [-0.1, -0.05) is 26.7 Å². The van der Waals surface area contributed by atoms with E-state index in [4.69, 9.17) is 0 Å². The van der Waals surface area contributed by atoms with E-state index in [1.807, 2.05) is 4.90 Å². The summed E-state index contributed by atoms with van der Waals surface area (Å²) in [6, 6.07) is 4.16. The van der Waals surface area contributed by atoms with Crippen LogP contribution in [0.3, 0.4) is 0 Å². The van der Waals surface area contributed by atoms with Crippen LogP contribution in [0.25, 0.3) is 0 Å². The fraction of sp³-hybridized carbons (Fsp3) is 0.600. The number of anilines is 2. The molecule has 0 bridgehead atoms. The second-order valence-corrected chi connectivity index (χ2v) is 7.06. The molecule has 0 radical (unpaired) electrons. The Kier molecular flexibility index (Phi) is 5.22. The molecule has 3 rings (SSSR count). The summed E-state index contributed by atoms with van der Waals surface area (Å²) in [6.45, 7) is 5.09. The van der Waals surface area contributed by atoms with Crippen molar-refractivity contribution in [1.82, 2.24) is 0 Å². The maximum Gasteiger partial charge on any atom is 0.227 e. The van der Waals surface area contributed by atoms with Crippen molar-refractivity contribution >= 4 is 23.2 Å². The highest BCUT2D eigenvalue weighted by atomic mass is 16.2. The van der Waals surface area contributed by atoms with Crippen LogP contribution in [-0.4, -0.2) is 18.4 Å². The number of nitrogens with one attached hydrogen (secondary N) is 1. The topological polar surface area (TPSA) is 49.4 Å². The smallest absolute Gasteiger partial charge is 0.227 e. The van der Waals surface area contributed by atoms with Gasteiger partial charge in [0.15, 0.2) is 0 Å². The summed E-state index contributed by atoms with van der Waals surface area (Å²) in [4.78, 5) is 26.7. The van der Waals surface area contributed by atoms with Crippen molar-refractivity contribution in [2.24, 2.45) is 5.92 Å². The van der Waals surface area contributed by atoms with Crippen molar-refractivity contribution in [2.45, 2.75) is 65.2 Å². The zero-order valence-electron chi connectivity index (χ0n) is 14.9. The lowest BCUT2D eigenvalue weighted by Gasteiger charge is -2.35. The van der Waals surface area contributed by atoms with Gasteiger partial charge >= 0.3 is 0 Å². The molecule has 0 aliphatic carbocycles. The summed E-state index contributed by atoms with van der Waals surface area (Å²) < 4.78 is 0. The highest BCUT2D eigenvalue weighted by Gasteiger charge is 2.30. The molecule has 0 aromatic heterocycles. The molecule has 0 fully saturated rings. The van der Waals surface area contributed by atoms with E-state index in [1.165, 1.54) is 11.1 Å². The van der Waals surface area contributed by atoms with Crippen molar-refractivity contribution in [3.63, 3.8) is 0 Å². The number of rotatable bonds is 6. The van der Waals surface area contributed by atoms with Crippen molar-refractivity contribution < 1.29 is 9.59 Å². The summed E-state index contributed by atoms with van der Waals surface area (Å²) in [6.07, 6.45) is 7.31. The molecule has 0 unspecified atom stereocenters. The van der Waals surface area contributed by atoms with Gasteiger partial charge in [0.2, 0.25) is 11.8 Å². The van der Waals surface area contributed by atoms with E-state index in [0.29, 0.717) is 6.42 Å². The third-order valence-corrected chi connectivity index (χ3v) is 5.19. The Morgan fingerprint density at radius 2 is 1.79 bits per heavy atom. The predicted octanol–water partition coefficient (Wildman–Crippen LogP) is 4.07. The standard InChI is InChI=1S/C20H28N2O2/c1-3-6-14(7-4-2)20(24)21-17-12-15-8-5-11-22-18(23)10-9-16(13-17)19(15)22/h12-14H,3-11H2,1-2H3,(H,21,24). The lowest BCUT2D eigenvalue weighted by Crippen LogP contribution is -2.39. The normalized spacial score (nSPS) is 16.3. The molecule has 24 heavy (non-hydrogen) atoms. The SMILES string of the molecule is CCCC(CCC)C(=O)Nc1cc2c3c(c1)CCC(=O)N3CCC2. The lowest BCUT2D eigenvalue weighted by molar-refractivity contribution is -0.120. The van der Waals surface area contributed by atoms with E-state index in [2.05, 4.69) is 31.3 Å². The van der Waals surface area contributed by atoms with E-state index in [1.54, 1.807) is 0 Å². The number of hydrogen-bond donors (Lipinski definition) is 1. The van der Waals surface area contributed by atoms with Crippen LogP contribution in [0, 0.1) is 5.92 Å². The zero-order chi connectivity index (χ0) is 17.1. The Bertz CT molecular complexity index is 616. The van der Waals surface area contributed by atoms with Gasteiger partial charge in [-0.2, -0.15) is 0 Å². The first-order chi connectivity index (χ1) is 11.6. The molecule has 4 heteroatoms. The van der Waals surface area contributed by atoms with Crippen molar-refractivity contribution in [3.8, 4) is 0 Å². The average molecular weight is 328 g/mol. The number of aryl methyl sites for hydroxylation is 2. The Labute approximate surface area is 144 Å². The third kappa shape index (κ3) is 3.33. The number of hydrogen-bond acceptors (Lipinski definition) is 2. The molecular formula is C20H28N2O2. The summed E-state index contributed by atoms with van der Waals surface area (Å²) in [5.74, 6) is 0.488. The fourth-order valence-electron chi connectivity index (χ4n) is 4.07. The maximum atomic E-state index is 12.6.